The van der Waals surface area contributed by atoms with Gasteiger partial charge >= 0.3 is 0 Å². The van der Waals surface area contributed by atoms with Gasteiger partial charge in [-0.3, -0.25) is 0 Å². The Kier molecular flexibility index (Phi) is 3.62. The number of rotatable bonds is 3. The van der Waals surface area contributed by atoms with Gasteiger partial charge in [-0.2, -0.15) is 10.5 Å². The topological polar surface area (TPSA) is 103 Å². The average Bonchev–Trinajstić information content (AvgIpc) is 2.31. The highest BCUT2D eigenvalue weighted by Gasteiger charge is 2.15. The third-order valence-corrected chi connectivity index (χ3v) is 2.18. The van der Waals surface area contributed by atoms with Crippen LogP contribution in [0.4, 0.5) is 11.6 Å². The number of nitriles is 2. The van der Waals surface area contributed by atoms with Gasteiger partial charge in [-0.1, -0.05) is 0 Å². The molecular formula is C10H12N6. The van der Waals surface area contributed by atoms with Crippen molar-refractivity contribution < 1.29 is 0 Å². The third-order valence-electron chi connectivity index (χ3n) is 2.18. The van der Waals surface area contributed by atoms with Crippen molar-refractivity contribution in [3.63, 3.8) is 0 Å². The number of anilines is 2. The molecule has 1 aromatic heterocycles. The Morgan fingerprint density at radius 3 is 2.12 bits per heavy atom. The molecule has 6 heteroatoms. The number of nitrogens with zero attached hydrogens (tertiary/aromatic N) is 5. The van der Waals surface area contributed by atoms with Crippen molar-refractivity contribution in [2.24, 2.45) is 0 Å². The Balaban J connectivity index is 3.36. The molecule has 0 saturated carbocycles. The van der Waals surface area contributed by atoms with Gasteiger partial charge in [0.25, 0.3) is 0 Å². The Labute approximate surface area is 93.9 Å². The van der Waals surface area contributed by atoms with E-state index in [0.29, 0.717) is 18.9 Å². The molecule has 0 fully saturated rings. The first-order valence-electron chi connectivity index (χ1n) is 4.90. The molecule has 0 amide bonds. The molecule has 0 aliphatic heterocycles. The van der Waals surface area contributed by atoms with E-state index in [-0.39, 0.29) is 17.2 Å². The van der Waals surface area contributed by atoms with Crippen LogP contribution in [0.2, 0.25) is 0 Å². The lowest BCUT2D eigenvalue weighted by Crippen LogP contribution is -2.25. The van der Waals surface area contributed by atoms with Crippen molar-refractivity contribution in [1.82, 2.24) is 9.97 Å². The summed E-state index contributed by atoms with van der Waals surface area (Å²) in [6.45, 7) is 5.29. The maximum absolute atomic E-state index is 8.94. The largest absolute Gasteiger partial charge is 0.381 e. The summed E-state index contributed by atoms with van der Waals surface area (Å²) in [5.41, 5.74) is 5.70. The van der Waals surface area contributed by atoms with Crippen molar-refractivity contribution in [2.45, 2.75) is 13.8 Å². The predicted molar refractivity (Wildman–Crippen MR) is 59.4 cm³/mol. The second-order valence-electron chi connectivity index (χ2n) is 3.03. The van der Waals surface area contributed by atoms with Crippen LogP contribution in [0.1, 0.15) is 25.2 Å². The summed E-state index contributed by atoms with van der Waals surface area (Å²) in [5, 5.41) is 17.7. The zero-order valence-electron chi connectivity index (χ0n) is 9.23. The lowest BCUT2D eigenvalue weighted by molar-refractivity contribution is 0.837. The molecule has 0 bridgehead atoms. The Bertz CT molecular complexity index is 463. The smallest absolute Gasteiger partial charge is 0.184 e. The molecule has 0 spiro atoms. The van der Waals surface area contributed by atoms with Gasteiger partial charge in [-0.25, -0.2) is 9.97 Å². The van der Waals surface area contributed by atoms with Crippen LogP contribution >= 0.6 is 0 Å². The Morgan fingerprint density at radius 2 is 1.69 bits per heavy atom. The molecule has 16 heavy (non-hydrogen) atoms. The molecule has 0 aromatic carbocycles. The molecule has 0 aliphatic carbocycles. The molecule has 2 N–H and O–H groups in total. The van der Waals surface area contributed by atoms with Gasteiger partial charge in [-0.15, -0.1) is 0 Å². The number of hydrogen-bond acceptors (Lipinski definition) is 6. The Hall–Kier alpha value is -2.34. The minimum Gasteiger partial charge on any atom is -0.381 e. The zero-order valence-corrected chi connectivity index (χ0v) is 9.23. The van der Waals surface area contributed by atoms with E-state index in [2.05, 4.69) is 9.97 Å². The second-order valence-corrected chi connectivity index (χ2v) is 3.03. The Morgan fingerprint density at radius 1 is 1.12 bits per heavy atom. The van der Waals surface area contributed by atoms with E-state index in [0.717, 1.165) is 0 Å². The summed E-state index contributed by atoms with van der Waals surface area (Å²) >= 11 is 0. The number of hydrogen-bond donors (Lipinski definition) is 1. The summed E-state index contributed by atoms with van der Waals surface area (Å²) in [5.74, 6) is 0.493. The number of nitrogens with two attached hydrogens (primary N) is 1. The summed E-state index contributed by atoms with van der Waals surface area (Å²) in [4.78, 5) is 9.79. The van der Waals surface area contributed by atoms with E-state index in [9.17, 15) is 0 Å². The first kappa shape index (κ1) is 11.7. The highest BCUT2D eigenvalue weighted by Crippen LogP contribution is 2.18. The van der Waals surface area contributed by atoms with Crippen LogP contribution in [0.25, 0.3) is 0 Å². The highest BCUT2D eigenvalue weighted by atomic mass is 15.2. The molecule has 0 saturated heterocycles. The standard InChI is InChI=1S/C10H12N6/c1-3-16(4-2)10-8(6-12)14-7(5-11)9(13)15-10/h3-4H2,1-2H3,(H2,13,15). The van der Waals surface area contributed by atoms with E-state index in [1.165, 1.54) is 0 Å². The minimum absolute atomic E-state index is 0.00699. The predicted octanol–water partition coefficient (Wildman–Crippen LogP) is 0.648. The van der Waals surface area contributed by atoms with Crippen LogP contribution in [0.3, 0.4) is 0 Å². The fourth-order valence-electron chi connectivity index (χ4n) is 1.34. The fraction of sp³-hybridized carbons (Fsp3) is 0.400. The van der Waals surface area contributed by atoms with Crippen LogP contribution < -0.4 is 10.6 Å². The summed E-state index contributed by atoms with van der Waals surface area (Å²) in [6, 6.07) is 3.73. The fourth-order valence-corrected chi connectivity index (χ4v) is 1.34. The lowest BCUT2D eigenvalue weighted by Gasteiger charge is -2.20. The summed E-state index contributed by atoms with van der Waals surface area (Å²) < 4.78 is 0. The van der Waals surface area contributed by atoms with E-state index in [1.54, 1.807) is 6.07 Å². The molecule has 0 aliphatic rings. The van der Waals surface area contributed by atoms with Gasteiger partial charge in [0.2, 0.25) is 0 Å². The lowest BCUT2D eigenvalue weighted by atomic mass is 10.3. The molecule has 1 rings (SSSR count). The molecule has 1 aromatic rings. The van der Waals surface area contributed by atoms with Crippen molar-refractivity contribution in [3.8, 4) is 12.1 Å². The maximum Gasteiger partial charge on any atom is 0.184 e. The van der Waals surface area contributed by atoms with E-state index < -0.39 is 0 Å². The van der Waals surface area contributed by atoms with Crippen molar-refractivity contribution in [1.29, 1.82) is 10.5 Å². The third kappa shape index (κ3) is 2.01. The van der Waals surface area contributed by atoms with E-state index >= 15 is 0 Å². The van der Waals surface area contributed by atoms with Gasteiger partial charge in [0.05, 0.1) is 0 Å². The SMILES string of the molecule is CCN(CC)c1nc(N)c(C#N)nc1C#N. The summed E-state index contributed by atoms with van der Waals surface area (Å²) in [6.07, 6.45) is 0. The van der Waals surface area contributed by atoms with Gasteiger partial charge in [0.1, 0.15) is 12.1 Å². The second kappa shape index (κ2) is 4.94. The monoisotopic (exact) mass is 216 g/mol. The molecule has 0 atom stereocenters. The van der Waals surface area contributed by atoms with E-state index in [4.69, 9.17) is 16.3 Å². The van der Waals surface area contributed by atoms with Gasteiger partial charge in [0.15, 0.2) is 23.0 Å². The first-order valence-corrected chi connectivity index (χ1v) is 4.90. The average molecular weight is 216 g/mol. The molecule has 0 unspecified atom stereocenters. The molecule has 6 nitrogen and oxygen atoms in total. The van der Waals surface area contributed by atoms with Crippen LogP contribution in [0.15, 0.2) is 0 Å². The van der Waals surface area contributed by atoms with Gasteiger partial charge < -0.3 is 10.6 Å². The van der Waals surface area contributed by atoms with Crippen molar-refractivity contribution >= 4 is 11.6 Å². The molecule has 1 heterocycles. The van der Waals surface area contributed by atoms with Crippen molar-refractivity contribution in [2.75, 3.05) is 23.7 Å². The minimum atomic E-state index is -0.00699. The highest BCUT2D eigenvalue weighted by molar-refractivity contribution is 5.57. The molecular weight excluding hydrogens is 204 g/mol. The van der Waals surface area contributed by atoms with Gasteiger partial charge in [-0.05, 0) is 13.8 Å². The first-order chi connectivity index (χ1) is 7.67. The molecule has 82 valence electrons. The van der Waals surface area contributed by atoms with Crippen LogP contribution in [-0.4, -0.2) is 23.1 Å². The summed E-state index contributed by atoms with van der Waals surface area (Å²) in [7, 11) is 0. The van der Waals surface area contributed by atoms with Crippen LogP contribution in [-0.2, 0) is 0 Å². The van der Waals surface area contributed by atoms with Crippen LogP contribution in [0.5, 0.6) is 0 Å². The van der Waals surface area contributed by atoms with Gasteiger partial charge in [0, 0.05) is 13.1 Å². The van der Waals surface area contributed by atoms with Crippen LogP contribution in [0, 0.1) is 22.7 Å². The number of nitrogen functional groups attached to an aromatic ring is 1. The van der Waals surface area contributed by atoms with Crippen molar-refractivity contribution in [3.05, 3.63) is 11.4 Å². The maximum atomic E-state index is 8.94. The normalized spacial score (nSPS) is 9.25. The quantitative estimate of drug-likeness (QED) is 0.795. The molecule has 0 radical (unpaired) electrons. The van der Waals surface area contributed by atoms with E-state index in [1.807, 2.05) is 24.8 Å². The number of aromatic nitrogens is 2. The zero-order chi connectivity index (χ0) is 12.1.